The molecule has 68 valence electrons. The van der Waals surface area contributed by atoms with Crippen LogP contribution in [0.2, 0.25) is 0 Å². The van der Waals surface area contributed by atoms with Gasteiger partial charge in [-0.15, -0.1) is 0 Å². The molecule has 2 aliphatic heterocycles. The smallest absolute Gasteiger partial charge is 0.0133 e. The first-order valence-electron chi connectivity index (χ1n) is 5.53. The van der Waals surface area contributed by atoms with Crippen molar-refractivity contribution in [2.75, 3.05) is 6.54 Å². The van der Waals surface area contributed by atoms with E-state index in [1.54, 1.807) is 0 Å². The standard InChI is InChI=1S/C11H19N/c1-7-5-11-9-3-4-10(8(9)2)12(11)6-7/h7-11H,3-6H2,1-2H3. The van der Waals surface area contributed by atoms with E-state index < -0.39 is 0 Å². The van der Waals surface area contributed by atoms with Gasteiger partial charge in [0.05, 0.1) is 0 Å². The number of hydrogen-bond donors (Lipinski definition) is 0. The van der Waals surface area contributed by atoms with Crippen molar-refractivity contribution in [3.05, 3.63) is 0 Å². The van der Waals surface area contributed by atoms with E-state index in [1.165, 1.54) is 25.8 Å². The molecule has 3 fully saturated rings. The van der Waals surface area contributed by atoms with Crippen LogP contribution in [0.4, 0.5) is 0 Å². The van der Waals surface area contributed by atoms with E-state index in [0.29, 0.717) is 0 Å². The molecule has 1 heteroatoms. The average Bonchev–Trinajstić information content (AvgIpc) is 2.60. The van der Waals surface area contributed by atoms with Gasteiger partial charge in [0.1, 0.15) is 0 Å². The fraction of sp³-hybridized carbons (Fsp3) is 1.00. The zero-order valence-corrected chi connectivity index (χ0v) is 8.16. The summed E-state index contributed by atoms with van der Waals surface area (Å²) in [5.41, 5.74) is 0. The van der Waals surface area contributed by atoms with Gasteiger partial charge in [-0.1, -0.05) is 13.8 Å². The Morgan fingerprint density at radius 1 is 1.08 bits per heavy atom. The molecule has 0 amide bonds. The van der Waals surface area contributed by atoms with Crippen LogP contribution in [0, 0.1) is 17.8 Å². The molecule has 0 aromatic rings. The predicted octanol–water partition coefficient (Wildman–Crippen LogP) is 2.13. The monoisotopic (exact) mass is 165 g/mol. The van der Waals surface area contributed by atoms with E-state index in [2.05, 4.69) is 18.7 Å². The van der Waals surface area contributed by atoms with Crippen LogP contribution >= 0.6 is 0 Å². The lowest BCUT2D eigenvalue weighted by atomic mass is 9.90. The lowest BCUT2D eigenvalue weighted by molar-refractivity contribution is 0.184. The summed E-state index contributed by atoms with van der Waals surface area (Å²) < 4.78 is 0. The highest BCUT2D eigenvalue weighted by Crippen LogP contribution is 2.51. The summed E-state index contributed by atoms with van der Waals surface area (Å²) in [4.78, 5) is 2.82. The van der Waals surface area contributed by atoms with Gasteiger partial charge in [0.2, 0.25) is 0 Å². The Balaban J connectivity index is 1.89. The maximum Gasteiger partial charge on any atom is 0.0133 e. The Morgan fingerprint density at radius 3 is 2.67 bits per heavy atom. The van der Waals surface area contributed by atoms with E-state index in [4.69, 9.17) is 0 Å². The first-order chi connectivity index (χ1) is 5.77. The van der Waals surface area contributed by atoms with Gasteiger partial charge in [-0.2, -0.15) is 0 Å². The molecule has 1 aliphatic carbocycles. The third kappa shape index (κ3) is 0.736. The van der Waals surface area contributed by atoms with Crippen molar-refractivity contribution in [3.63, 3.8) is 0 Å². The van der Waals surface area contributed by atoms with Gasteiger partial charge in [-0.05, 0) is 37.0 Å². The molecule has 5 unspecified atom stereocenters. The second-order valence-electron chi connectivity index (χ2n) is 5.27. The summed E-state index contributed by atoms with van der Waals surface area (Å²) >= 11 is 0. The molecule has 0 spiro atoms. The van der Waals surface area contributed by atoms with Gasteiger partial charge < -0.3 is 0 Å². The largest absolute Gasteiger partial charge is 0.297 e. The summed E-state index contributed by atoms with van der Waals surface area (Å²) in [5, 5.41) is 0. The maximum absolute atomic E-state index is 2.82. The van der Waals surface area contributed by atoms with E-state index in [9.17, 15) is 0 Å². The highest BCUT2D eigenvalue weighted by atomic mass is 15.3. The van der Waals surface area contributed by atoms with Crippen LogP contribution in [0.5, 0.6) is 0 Å². The van der Waals surface area contributed by atoms with Crippen LogP contribution in [0.1, 0.15) is 33.1 Å². The van der Waals surface area contributed by atoms with Crippen LogP contribution < -0.4 is 0 Å². The first-order valence-corrected chi connectivity index (χ1v) is 5.53. The molecule has 2 heterocycles. The Labute approximate surface area is 75.1 Å². The zero-order chi connectivity index (χ0) is 8.29. The van der Waals surface area contributed by atoms with E-state index in [0.717, 1.165) is 29.8 Å². The Bertz CT molecular complexity index is 181. The number of nitrogens with zero attached hydrogens (tertiary/aromatic N) is 1. The van der Waals surface area contributed by atoms with Gasteiger partial charge in [0.15, 0.2) is 0 Å². The molecular formula is C11H19N. The molecule has 12 heavy (non-hydrogen) atoms. The van der Waals surface area contributed by atoms with Crippen molar-refractivity contribution in [1.82, 2.24) is 4.90 Å². The van der Waals surface area contributed by atoms with Gasteiger partial charge in [-0.3, -0.25) is 4.90 Å². The fourth-order valence-corrected chi connectivity index (χ4v) is 4.10. The van der Waals surface area contributed by atoms with Crippen LogP contribution in [-0.2, 0) is 0 Å². The minimum Gasteiger partial charge on any atom is -0.297 e. The Morgan fingerprint density at radius 2 is 1.92 bits per heavy atom. The molecular weight excluding hydrogens is 146 g/mol. The molecule has 2 saturated heterocycles. The summed E-state index contributed by atoms with van der Waals surface area (Å²) in [5.74, 6) is 3.06. The predicted molar refractivity (Wildman–Crippen MR) is 50.0 cm³/mol. The molecule has 1 saturated carbocycles. The van der Waals surface area contributed by atoms with Gasteiger partial charge in [0, 0.05) is 18.6 Å². The van der Waals surface area contributed by atoms with Crippen LogP contribution in [-0.4, -0.2) is 23.5 Å². The number of piperidine rings is 1. The van der Waals surface area contributed by atoms with Crippen LogP contribution in [0.3, 0.4) is 0 Å². The van der Waals surface area contributed by atoms with Crippen molar-refractivity contribution in [2.24, 2.45) is 17.8 Å². The quantitative estimate of drug-likeness (QED) is 0.531. The fourth-order valence-electron chi connectivity index (χ4n) is 4.10. The first kappa shape index (κ1) is 7.37. The number of hydrogen-bond acceptors (Lipinski definition) is 1. The molecule has 2 bridgehead atoms. The van der Waals surface area contributed by atoms with E-state index in [1.807, 2.05) is 0 Å². The summed E-state index contributed by atoms with van der Waals surface area (Å²) in [6, 6.07) is 1.97. The second kappa shape index (κ2) is 2.25. The SMILES string of the molecule is CC1CC2C3CCC(C3C)N2C1. The Hall–Kier alpha value is -0.0400. The van der Waals surface area contributed by atoms with E-state index in [-0.39, 0.29) is 0 Å². The van der Waals surface area contributed by atoms with Crippen molar-refractivity contribution in [2.45, 2.75) is 45.2 Å². The molecule has 3 rings (SSSR count). The minimum atomic E-state index is 0.977. The molecule has 5 atom stereocenters. The highest BCUT2D eigenvalue weighted by molar-refractivity contribution is 5.06. The maximum atomic E-state index is 2.82. The molecule has 0 aromatic heterocycles. The summed E-state index contributed by atoms with van der Waals surface area (Å²) in [6.45, 7) is 6.30. The third-order valence-corrected chi connectivity index (χ3v) is 4.59. The van der Waals surface area contributed by atoms with Gasteiger partial charge >= 0.3 is 0 Å². The third-order valence-electron chi connectivity index (χ3n) is 4.59. The molecule has 0 radical (unpaired) electrons. The lowest BCUT2D eigenvalue weighted by Crippen LogP contribution is -2.36. The Kier molecular flexibility index (Phi) is 1.39. The van der Waals surface area contributed by atoms with Crippen molar-refractivity contribution >= 4 is 0 Å². The topological polar surface area (TPSA) is 3.24 Å². The van der Waals surface area contributed by atoms with Crippen LogP contribution in [0.15, 0.2) is 0 Å². The van der Waals surface area contributed by atoms with Crippen molar-refractivity contribution < 1.29 is 0 Å². The van der Waals surface area contributed by atoms with Crippen molar-refractivity contribution in [3.8, 4) is 0 Å². The molecule has 0 aromatic carbocycles. The normalized spacial score (nSPS) is 58.0. The van der Waals surface area contributed by atoms with Crippen LogP contribution in [0.25, 0.3) is 0 Å². The van der Waals surface area contributed by atoms with Gasteiger partial charge in [-0.25, -0.2) is 0 Å². The molecule has 1 nitrogen and oxygen atoms in total. The average molecular weight is 165 g/mol. The number of rotatable bonds is 0. The summed E-state index contributed by atoms with van der Waals surface area (Å²) in [6.07, 6.45) is 4.51. The lowest BCUT2D eigenvalue weighted by Gasteiger charge is -2.28. The van der Waals surface area contributed by atoms with Crippen molar-refractivity contribution in [1.29, 1.82) is 0 Å². The number of fused-ring (bicyclic) bond motifs is 5. The minimum absolute atomic E-state index is 0.977. The highest BCUT2D eigenvalue weighted by Gasteiger charge is 2.53. The van der Waals surface area contributed by atoms with E-state index >= 15 is 0 Å². The molecule has 3 aliphatic rings. The zero-order valence-electron chi connectivity index (χ0n) is 8.16. The molecule has 0 N–H and O–H groups in total. The summed E-state index contributed by atoms with van der Waals surface area (Å²) in [7, 11) is 0. The van der Waals surface area contributed by atoms with Gasteiger partial charge in [0.25, 0.3) is 0 Å². The second-order valence-corrected chi connectivity index (χ2v) is 5.27.